The van der Waals surface area contributed by atoms with Crippen LogP contribution in [0.25, 0.3) is 0 Å². The van der Waals surface area contributed by atoms with Crippen molar-refractivity contribution in [1.29, 1.82) is 0 Å². The van der Waals surface area contributed by atoms with Gasteiger partial charge in [0, 0.05) is 25.0 Å². The molecule has 0 saturated heterocycles. The molecule has 1 unspecified atom stereocenters. The molecule has 1 rings (SSSR count). The molecule has 0 aromatic heterocycles. The molecule has 3 heteroatoms. The predicted octanol–water partition coefficient (Wildman–Crippen LogP) is 2.15. The minimum atomic E-state index is 0.217. The molecular formula is C9H18N2S. The fourth-order valence-electron chi connectivity index (χ4n) is 1.36. The van der Waals surface area contributed by atoms with Gasteiger partial charge < -0.3 is 9.80 Å². The second kappa shape index (κ2) is 3.21. The topological polar surface area (TPSA) is 6.48 Å². The standard InChI is InChI=1S/C9H18N2S/c1-9(2,3)11-7-6-10(4)8(11)12-5/h6-8H,1-5H3. The third-order valence-electron chi connectivity index (χ3n) is 2.03. The zero-order valence-corrected chi connectivity index (χ0v) is 9.35. The molecule has 1 atom stereocenters. The molecule has 0 aromatic carbocycles. The second-order valence-corrected chi connectivity index (χ2v) is 5.00. The first-order valence-corrected chi connectivity index (χ1v) is 5.47. The highest BCUT2D eigenvalue weighted by Gasteiger charge is 2.30. The zero-order valence-electron chi connectivity index (χ0n) is 8.53. The molecule has 0 saturated carbocycles. The van der Waals surface area contributed by atoms with E-state index in [-0.39, 0.29) is 5.54 Å². The maximum Gasteiger partial charge on any atom is 0.149 e. The maximum absolute atomic E-state index is 2.37. The summed E-state index contributed by atoms with van der Waals surface area (Å²) in [6.07, 6.45) is 6.44. The summed E-state index contributed by atoms with van der Waals surface area (Å²) < 4.78 is 0. The van der Waals surface area contributed by atoms with Crippen molar-refractivity contribution in [3.8, 4) is 0 Å². The van der Waals surface area contributed by atoms with Crippen molar-refractivity contribution >= 4 is 11.8 Å². The van der Waals surface area contributed by atoms with E-state index < -0.39 is 0 Å². The number of rotatable bonds is 1. The van der Waals surface area contributed by atoms with Gasteiger partial charge in [-0.1, -0.05) is 0 Å². The minimum absolute atomic E-state index is 0.217. The van der Waals surface area contributed by atoms with Gasteiger partial charge in [0.25, 0.3) is 0 Å². The van der Waals surface area contributed by atoms with E-state index in [0.717, 1.165) is 0 Å². The van der Waals surface area contributed by atoms with Gasteiger partial charge in [0.2, 0.25) is 0 Å². The van der Waals surface area contributed by atoms with Gasteiger partial charge in [-0.25, -0.2) is 0 Å². The molecule has 70 valence electrons. The Morgan fingerprint density at radius 1 is 1.25 bits per heavy atom. The smallest absolute Gasteiger partial charge is 0.149 e. The van der Waals surface area contributed by atoms with Crippen molar-refractivity contribution in [3.05, 3.63) is 12.4 Å². The summed E-state index contributed by atoms with van der Waals surface area (Å²) in [7, 11) is 2.11. The number of nitrogens with zero attached hydrogens (tertiary/aromatic N) is 2. The summed E-state index contributed by atoms with van der Waals surface area (Å²) in [5, 5.41) is 0. The Bertz CT molecular complexity index is 183. The van der Waals surface area contributed by atoms with E-state index in [1.807, 2.05) is 11.8 Å². The van der Waals surface area contributed by atoms with Crippen molar-refractivity contribution in [2.75, 3.05) is 13.3 Å². The molecule has 0 aromatic rings. The van der Waals surface area contributed by atoms with Gasteiger partial charge in [-0.2, -0.15) is 0 Å². The van der Waals surface area contributed by atoms with E-state index in [1.54, 1.807) is 0 Å². The average molecular weight is 186 g/mol. The van der Waals surface area contributed by atoms with Crippen molar-refractivity contribution in [3.63, 3.8) is 0 Å². The van der Waals surface area contributed by atoms with Crippen LogP contribution in [-0.2, 0) is 0 Å². The van der Waals surface area contributed by atoms with Crippen LogP contribution in [-0.4, -0.2) is 34.1 Å². The van der Waals surface area contributed by atoms with Crippen LogP contribution in [0.1, 0.15) is 20.8 Å². The molecule has 12 heavy (non-hydrogen) atoms. The first-order chi connectivity index (χ1) is 5.46. The number of thioether (sulfide) groups is 1. The van der Waals surface area contributed by atoms with Gasteiger partial charge in [0.1, 0.15) is 5.50 Å². The van der Waals surface area contributed by atoms with E-state index >= 15 is 0 Å². The lowest BCUT2D eigenvalue weighted by Gasteiger charge is -2.38. The maximum atomic E-state index is 2.37. The Morgan fingerprint density at radius 2 is 1.83 bits per heavy atom. The summed E-state index contributed by atoms with van der Waals surface area (Å²) in [6, 6.07) is 0. The van der Waals surface area contributed by atoms with Gasteiger partial charge in [-0.3, -0.25) is 0 Å². The Hall–Kier alpha value is -0.310. The molecule has 0 aliphatic carbocycles. The third kappa shape index (κ3) is 1.71. The predicted molar refractivity (Wildman–Crippen MR) is 55.8 cm³/mol. The van der Waals surface area contributed by atoms with Gasteiger partial charge in [0.15, 0.2) is 0 Å². The Labute approximate surface area is 79.6 Å². The fourth-order valence-corrected chi connectivity index (χ4v) is 2.37. The SMILES string of the molecule is CSC1N(C)C=CN1C(C)(C)C. The summed E-state index contributed by atoms with van der Waals surface area (Å²) in [6.45, 7) is 6.71. The molecule has 1 aliphatic heterocycles. The van der Waals surface area contributed by atoms with Crippen molar-refractivity contribution in [1.82, 2.24) is 9.80 Å². The highest BCUT2D eigenvalue weighted by Crippen LogP contribution is 2.29. The largest absolute Gasteiger partial charge is 0.351 e. The van der Waals surface area contributed by atoms with Crippen LogP contribution >= 0.6 is 11.8 Å². The molecule has 0 N–H and O–H groups in total. The molecule has 1 heterocycles. The molecular weight excluding hydrogens is 168 g/mol. The van der Waals surface area contributed by atoms with Crippen molar-refractivity contribution in [2.24, 2.45) is 0 Å². The zero-order chi connectivity index (χ0) is 9.35. The van der Waals surface area contributed by atoms with Crippen LogP contribution in [0.15, 0.2) is 12.4 Å². The second-order valence-electron chi connectivity index (χ2n) is 4.10. The van der Waals surface area contributed by atoms with Crippen LogP contribution in [0.2, 0.25) is 0 Å². The van der Waals surface area contributed by atoms with Crippen LogP contribution in [0.3, 0.4) is 0 Å². The minimum Gasteiger partial charge on any atom is -0.351 e. The number of hydrogen-bond donors (Lipinski definition) is 0. The van der Waals surface area contributed by atoms with Gasteiger partial charge in [0.05, 0.1) is 0 Å². The lowest BCUT2D eigenvalue weighted by Crippen LogP contribution is -2.44. The van der Waals surface area contributed by atoms with E-state index in [4.69, 9.17) is 0 Å². The molecule has 0 radical (unpaired) electrons. The monoisotopic (exact) mass is 186 g/mol. The summed E-state index contributed by atoms with van der Waals surface area (Å²) in [4.78, 5) is 4.60. The van der Waals surface area contributed by atoms with Crippen molar-refractivity contribution < 1.29 is 0 Å². The van der Waals surface area contributed by atoms with Crippen molar-refractivity contribution in [2.45, 2.75) is 31.8 Å². The van der Waals surface area contributed by atoms with Gasteiger partial charge in [-0.15, -0.1) is 11.8 Å². The molecule has 1 aliphatic rings. The summed E-state index contributed by atoms with van der Waals surface area (Å²) in [5.74, 6) is 0. The van der Waals surface area contributed by atoms with E-state index in [9.17, 15) is 0 Å². The van der Waals surface area contributed by atoms with Crippen LogP contribution in [0.5, 0.6) is 0 Å². The molecule has 0 spiro atoms. The van der Waals surface area contributed by atoms with Crippen LogP contribution in [0, 0.1) is 0 Å². The van der Waals surface area contributed by atoms with Gasteiger partial charge in [-0.05, 0) is 27.0 Å². The Kier molecular flexibility index (Phi) is 2.61. The quantitative estimate of drug-likeness (QED) is 0.619. The highest BCUT2D eigenvalue weighted by molar-refractivity contribution is 7.99. The lowest BCUT2D eigenvalue weighted by molar-refractivity contribution is 0.151. The highest BCUT2D eigenvalue weighted by atomic mass is 32.2. The lowest BCUT2D eigenvalue weighted by atomic mass is 10.1. The average Bonchev–Trinajstić information content (AvgIpc) is 2.29. The van der Waals surface area contributed by atoms with E-state index in [2.05, 4.69) is 56.3 Å². The number of hydrogen-bond acceptors (Lipinski definition) is 3. The molecule has 0 fully saturated rings. The van der Waals surface area contributed by atoms with Gasteiger partial charge >= 0.3 is 0 Å². The van der Waals surface area contributed by atoms with E-state index in [0.29, 0.717) is 5.50 Å². The molecule has 0 amide bonds. The van der Waals surface area contributed by atoms with Crippen LogP contribution in [0.4, 0.5) is 0 Å². The fraction of sp³-hybridized carbons (Fsp3) is 0.778. The summed E-state index contributed by atoms with van der Waals surface area (Å²) >= 11 is 1.86. The first-order valence-electron chi connectivity index (χ1n) is 4.18. The first kappa shape index (κ1) is 9.78. The molecule has 0 bridgehead atoms. The Morgan fingerprint density at radius 3 is 2.17 bits per heavy atom. The van der Waals surface area contributed by atoms with Crippen LogP contribution < -0.4 is 0 Å². The summed E-state index contributed by atoms with van der Waals surface area (Å²) in [5.41, 5.74) is 0.680. The Balaban J connectivity index is 2.73. The molecule has 2 nitrogen and oxygen atoms in total. The third-order valence-corrected chi connectivity index (χ3v) is 3.02. The normalized spacial score (nSPS) is 23.9. The van der Waals surface area contributed by atoms with E-state index in [1.165, 1.54) is 0 Å².